The van der Waals surface area contributed by atoms with Gasteiger partial charge in [-0.3, -0.25) is 4.79 Å². The Morgan fingerprint density at radius 1 is 0.833 bits per heavy atom. The van der Waals surface area contributed by atoms with E-state index in [-0.39, 0.29) is 5.91 Å². The predicted molar refractivity (Wildman–Crippen MR) is 125 cm³/mol. The Morgan fingerprint density at radius 2 is 1.47 bits per heavy atom. The lowest BCUT2D eigenvalue weighted by Crippen LogP contribution is -2.19. The van der Waals surface area contributed by atoms with E-state index in [2.05, 4.69) is 16.0 Å². The predicted octanol–water partition coefficient (Wildman–Crippen LogP) is 5.42. The molecule has 0 aliphatic rings. The third-order valence-corrected chi connectivity index (χ3v) is 4.64. The van der Waals surface area contributed by atoms with Crippen LogP contribution >= 0.6 is 23.8 Å². The molecule has 0 unspecified atom stereocenters. The molecule has 0 aliphatic heterocycles. The van der Waals surface area contributed by atoms with Crippen LogP contribution in [-0.4, -0.2) is 25.2 Å². The SMILES string of the molecule is COc1cccc(C(=O)Nc2ccc(NC(=S)Nc3ccc(OC)c(Cl)c3)cc2)c1. The molecule has 3 N–H and O–H groups in total. The number of thiocarbonyl (C=S) groups is 1. The monoisotopic (exact) mass is 441 g/mol. The van der Waals surface area contributed by atoms with Gasteiger partial charge in [-0.1, -0.05) is 17.7 Å². The van der Waals surface area contributed by atoms with Crippen molar-refractivity contribution < 1.29 is 14.3 Å². The zero-order valence-corrected chi connectivity index (χ0v) is 17.9. The molecule has 0 fully saturated rings. The number of ether oxygens (including phenoxy) is 2. The van der Waals surface area contributed by atoms with Crippen LogP contribution in [0.3, 0.4) is 0 Å². The number of rotatable bonds is 6. The van der Waals surface area contributed by atoms with Crippen molar-refractivity contribution in [3.63, 3.8) is 0 Å². The first kappa shape index (κ1) is 21.4. The van der Waals surface area contributed by atoms with Gasteiger partial charge in [0.05, 0.1) is 19.2 Å². The lowest BCUT2D eigenvalue weighted by molar-refractivity contribution is 0.102. The van der Waals surface area contributed by atoms with Gasteiger partial charge >= 0.3 is 0 Å². The highest BCUT2D eigenvalue weighted by molar-refractivity contribution is 7.80. The number of anilines is 3. The number of nitrogens with one attached hydrogen (secondary N) is 3. The fraction of sp³-hybridized carbons (Fsp3) is 0.0909. The minimum absolute atomic E-state index is 0.219. The third-order valence-electron chi connectivity index (χ3n) is 4.14. The largest absolute Gasteiger partial charge is 0.497 e. The molecule has 0 aromatic heterocycles. The van der Waals surface area contributed by atoms with Gasteiger partial charge in [-0.25, -0.2) is 0 Å². The van der Waals surface area contributed by atoms with Crippen LogP contribution in [0.2, 0.25) is 5.02 Å². The first-order chi connectivity index (χ1) is 14.5. The minimum Gasteiger partial charge on any atom is -0.497 e. The standard InChI is InChI=1S/C22H20ClN3O3S/c1-28-18-5-3-4-14(12-18)21(27)24-15-6-8-16(9-7-15)25-22(30)26-17-10-11-20(29-2)19(23)13-17/h3-13H,1-2H3,(H,24,27)(H2,25,26,30). The van der Waals surface area contributed by atoms with E-state index in [1.807, 2.05) is 18.2 Å². The van der Waals surface area contributed by atoms with Crippen LogP contribution in [0.4, 0.5) is 17.1 Å². The lowest BCUT2D eigenvalue weighted by atomic mass is 10.2. The van der Waals surface area contributed by atoms with Crippen molar-refractivity contribution in [2.75, 3.05) is 30.2 Å². The summed E-state index contributed by atoms with van der Waals surface area (Å²) < 4.78 is 10.3. The Bertz CT molecular complexity index is 1060. The van der Waals surface area contributed by atoms with Gasteiger partial charge < -0.3 is 25.4 Å². The van der Waals surface area contributed by atoms with Crippen LogP contribution in [0.1, 0.15) is 10.4 Å². The van der Waals surface area contributed by atoms with Gasteiger partial charge in [0.15, 0.2) is 5.11 Å². The van der Waals surface area contributed by atoms with Crippen molar-refractivity contribution in [1.29, 1.82) is 0 Å². The van der Waals surface area contributed by atoms with Crippen molar-refractivity contribution in [2.24, 2.45) is 0 Å². The van der Waals surface area contributed by atoms with Crippen LogP contribution in [0, 0.1) is 0 Å². The van der Waals surface area contributed by atoms with Crippen molar-refractivity contribution >= 4 is 51.9 Å². The minimum atomic E-state index is -0.219. The van der Waals surface area contributed by atoms with Gasteiger partial charge in [-0.2, -0.15) is 0 Å². The molecule has 154 valence electrons. The van der Waals surface area contributed by atoms with E-state index in [4.69, 9.17) is 33.3 Å². The highest BCUT2D eigenvalue weighted by Crippen LogP contribution is 2.27. The summed E-state index contributed by atoms with van der Waals surface area (Å²) >= 11 is 11.5. The maximum Gasteiger partial charge on any atom is 0.255 e. The highest BCUT2D eigenvalue weighted by atomic mass is 35.5. The molecule has 0 atom stereocenters. The van der Waals surface area contributed by atoms with E-state index in [0.29, 0.717) is 32.9 Å². The van der Waals surface area contributed by atoms with Gasteiger partial charge in [0, 0.05) is 22.6 Å². The summed E-state index contributed by atoms with van der Waals surface area (Å²) in [5, 5.41) is 9.89. The summed E-state index contributed by atoms with van der Waals surface area (Å²) in [6, 6.07) is 19.5. The highest BCUT2D eigenvalue weighted by Gasteiger charge is 2.08. The summed E-state index contributed by atoms with van der Waals surface area (Å²) in [5.41, 5.74) is 2.68. The molecule has 0 radical (unpaired) electrons. The number of carbonyl (C=O) groups is 1. The molecule has 0 saturated carbocycles. The Hall–Kier alpha value is -3.29. The maximum atomic E-state index is 12.4. The molecular formula is C22H20ClN3O3S. The summed E-state index contributed by atoms with van der Waals surface area (Å²) in [7, 11) is 3.12. The zero-order chi connectivity index (χ0) is 21.5. The molecule has 0 saturated heterocycles. The van der Waals surface area contributed by atoms with Gasteiger partial charge in [0.25, 0.3) is 5.91 Å². The Labute approximate surface area is 185 Å². The van der Waals surface area contributed by atoms with Gasteiger partial charge in [-0.05, 0) is 72.9 Å². The topological polar surface area (TPSA) is 71.6 Å². The molecule has 6 nitrogen and oxygen atoms in total. The van der Waals surface area contributed by atoms with E-state index in [9.17, 15) is 4.79 Å². The van der Waals surface area contributed by atoms with Crippen molar-refractivity contribution in [3.8, 4) is 11.5 Å². The van der Waals surface area contributed by atoms with Crippen LogP contribution in [0.5, 0.6) is 11.5 Å². The molecule has 3 aromatic carbocycles. The number of hydrogen-bond donors (Lipinski definition) is 3. The van der Waals surface area contributed by atoms with Crippen molar-refractivity contribution in [3.05, 3.63) is 77.3 Å². The summed E-state index contributed by atoms with van der Waals surface area (Å²) in [6.45, 7) is 0. The van der Waals surface area contributed by atoms with Crippen molar-refractivity contribution in [1.82, 2.24) is 0 Å². The molecule has 0 aliphatic carbocycles. The van der Waals surface area contributed by atoms with E-state index in [0.717, 1.165) is 11.4 Å². The fourth-order valence-electron chi connectivity index (χ4n) is 2.64. The number of halogens is 1. The number of amides is 1. The van der Waals surface area contributed by atoms with Gasteiger partial charge in [-0.15, -0.1) is 0 Å². The number of carbonyl (C=O) groups excluding carboxylic acids is 1. The molecule has 0 bridgehead atoms. The van der Waals surface area contributed by atoms with Gasteiger partial charge in [0.1, 0.15) is 11.5 Å². The number of methoxy groups -OCH3 is 2. The molecule has 3 aromatic rings. The Kier molecular flexibility index (Phi) is 7.11. The fourth-order valence-corrected chi connectivity index (χ4v) is 3.14. The zero-order valence-electron chi connectivity index (χ0n) is 16.4. The normalized spacial score (nSPS) is 10.1. The Morgan fingerprint density at radius 3 is 2.10 bits per heavy atom. The first-order valence-electron chi connectivity index (χ1n) is 8.95. The second-order valence-electron chi connectivity index (χ2n) is 6.19. The second kappa shape index (κ2) is 9.96. The molecule has 0 spiro atoms. The average molecular weight is 442 g/mol. The average Bonchev–Trinajstić information content (AvgIpc) is 2.75. The summed E-state index contributed by atoms with van der Waals surface area (Å²) in [4.78, 5) is 12.4. The third kappa shape index (κ3) is 5.62. The summed E-state index contributed by atoms with van der Waals surface area (Å²) in [5.74, 6) is 0.997. The number of hydrogen-bond acceptors (Lipinski definition) is 4. The molecule has 1 amide bonds. The van der Waals surface area contributed by atoms with Crippen LogP contribution < -0.4 is 25.4 Å². The molecule has 0 heterocycles. The Balaban J connectivity index is 1.58. The smallest absolute Gasteiger partial charge is 0.255 e. The second-order valence-corrected chi connectivity index (χ2v) is 7.01. The number of benzene rings is 3. The molecule has 3 rings (SSSR count). The van der Waals surface area contributed by atoms with Crippen LogP contribution in [0.15, 0.2) is 66.7 Å². The van der Waals surface area contributed by atoms with Crippen LogP contribution in [-0.2, 0) is 0 Å². The van der Waals surface area contributed by atoms with E-state index in [1.165, 1.54) is 0 Å². The molecule has 8 heteroatoms. The van der Waals surface area contributed by atoms with Crippen molar-refractivity contribution in [2.45, 2.75) is 0 Å². The molecular weight excluding hydrogens is 422 g/mol. The quantitative estimate of drug-likeness (QED) is 0.444. The maximum absolute atomic E-state index is 12.4. The van der Waals surface area contributed by atoms with E-state index in [1.54, 1.807) is 62.8 Å². The van der Waals surface area contributed by atoms with Gasteiger partial charge in [0.2, 0.25) is 0 Å². The van der Waals surface area contributed by atoms with Crippen LogP contribution in [0.25, 0.3) is 0 Å². The van der Waals surface area contributed by atoms with E-state index < -0.39 is 0 Å². The molecule has 30 heavy (non-hydrogen) atoms. The lowest BCUT2D eigenvalue weighted by Gasteiger charge is -2.12. The first-order valence-corrected chi connectivity index (χ1v) is 9.74. The summed E-state index contributed by atoms with van der Waals surface area (Å²) in [6.07, 6.45) is 0. The van der Waals surface area contributed by atoms with E-state index >= 15 is 0 Å².